The Morgan fingerprint density at radius 1 is 1.03 bits per heavy atom. The number of carbonyl (C=O) groups excluding carboxylic acids is 1. The number of sulfone groups is 1. The molecule has 0 radical (unpaired) electrons. The minimum atomic E-state index is -3.21. The van der Waals surface area contributed by atoms with E-state index in [2.05, 4.69) is 30.9 Å². The standard InChI is InChI=1S/C24H29N3O3S2/c1-18-10-11-21-23(19(18)2)25-24(31-21)27-14-12-26(13-15-27)22(28)9-6-16-32(29,30)17-20-7-4-3-5-8-20/h3-5,7-8,10-11H,6,9,12-17H2,1-2H3. The molecule has 1 aliphatic rings. The molecule has 0 atom stereocenters. The van der Waals surface area contributed by atoms with Gasteiger partial charge in [-0.25, -0.2) is 13.4 Å². The topological polar surface area (TPSA) is 70.6 Å². The number of amides is 1. The van der Waals surface area contributed by atoms with Crippen LogP contribution in [0.15, 0.2) is 42.5 Å². The van der Waals surface area contributed by atoms with Gasteiger partial charge in [0, 0.05) is 32.6 Å². The summed E-state index contributed by atoms with van der Waals surface area (Å²) in [5.41, 5.74) is 4.33. The lowest BCUT2D eigenvalue weighted by atomic mass is 10.1. The van der Waals surface area contributed by atoms with Gasteiger partial charge in [0.25, 0.3) is 0 Å². The van der Waals surface area contributed by atoms with Gasteiger partial charge in [-0.05, 0) is 43.0 Å². The zero-order valence-corrected chi connectivity index (χ0v) is 20.2. The van der Waals surface area contributed by atoms with Crippen LogP contribution in [-0.4, -0.2) is 56.1 Å². The maximum atomic E-state index is 12.6. The molecule has 0 aliphatic carbocycles. The lowest BCUT2D eigenvalue weighted by molar-refractivity contribution is -0.131. The number of aryl methyl sites for hydroxylation is 2. The largest absolute Gasteiger partial charge is 0.345 e. The zero-order chi connectivity index (χ0) is 22.7. The summed E-state index contributed by atoms with van der Waals surface area (Å²) in [4.78, 5) is 21.6. The lowest BCUT2D eigenvalue weighted by Crippen LogP contribution is -2.48. The Labute approximate surface area is 193 Å². The number of anilines is 1. The Hall–Kier alpha value is -2.45. The van der Waals surface area contributed by atoms with Crippen molar-refractivity contribution < 1.29 is 13.2 Å². The molecule has 1 aromatic heterocycles. The molecule has 1 amide bonds. The lowest BCUT2D eigenvalue weighted by Gasteiger charge is -2.34. The van der Waals surface area contributed by atoms with E-state index in [0.29, 0.717) is 19.5 Å². The third-order valence-corrected chi connectivity index (χ3v) is 8.82. The van der Waals surface area contributed by atoms with Gasteiger partial charge in [-0.2, -0.15) is 0 Å². The van der Waals surface area contributed by atoms with Crippen molar-refractivity contribution in [3.05, 3.63) is 59.2 Å². The minimum Gasteiger partial charge on any atom is -0.345 e. The Morgan fingerprint density at radius 2 is 1.75 bits per heavy atom. The summed E-state index contributed by atoms with van der Waals surface area (Å²) in [6.07, 6.45) is 0.637. The predicted octanol–water partition coefficient (Wildman–Crippen LogP) is 3.96. The number of piperazine rings is 1. The predicted molar refractivity (Wildman–Crippen MR) is 131 cm³/mol. The Morgan fingerprint density at radius 3 is 2.47 bits per heavy atom. The average Bonchev–Trinajstić information content (AvgIpc) is 3.22. The van der Waals surface area contributed by atoms with Crippen LogP contribution in [-0.2, 0) is 20.4 Å². The third-order valence-electron chi connectivity index (χ3n) is 6.05. The molecule has 1 saturated heterocycles. The highest BCUT2D eigenvalue weighted by Crippen LogP contribution is 2.32. The van der Waals surface area contributed by atoms with Crippen molar-refractivity contribution >= 4 is 42.4 Å². The van der Waals surface area contributed by atoms with Gasteiger partial charge in [0.15, 0.2) is 15.0 Å². The molecule has 8 heteroatoms. The van der Waals surface area contributed by atoms with Crippen LogP contribution in [0.4, 0.5) is 5.13 Å². The molecule has 3 aromatic rings. The van der Waals surface area contributed by atoms with Gasteiger partial charge in [0.05, 0.1) is 21.7 Å². The molecule has 0 bridgehead atoms. The molecule has 2 aromatic carbocycles. The number of carbonyl (C=O) groups is 1. The minimum absolute atomic E-state index is 0.0296. The van der Waals surface area contributed by atoms with E-state index in [9.17, 15) is 13.2 Å². The van der Waals surface area contributed by atoms with Crippen molar-refractivity contribution in [1.82, 2.24) is 9.88 Å². The number of rotatable bonds is 7. The highest BCUT2D eigenvalue weighted by Gasteiger charge is 2.24. The van der Waals surface area contributed by atoms with Gasteiger partial charge in [0.1, 0.15) is 0 Å². The summed E-state index contributed by atoms with van der Waals surface area (Å²) >= 11 is 1.70. The van der Waals surface area contributed by atoms with Gasteiger partial charge in [-0.1, -0.05) is 47.7 Å². The first-order chi connectivity index (χ1) is 15.3. The van der Waals surface area contributed by atoms with Crippen molar-refractivity contribution in [2.45, 2.75) is 32.4 Å². The first-order valence-corrected chi connectivity index (χ1v) is 13.6. The van der Waals surface area contributed by atoms with Crippen molar-refractivity contribution in [2.75, 3.05) is 36.8 Å². The average molecular weight is 472 g/mol. The van der Waals surface area contributed by atoms with Crippen molar-refractivity contribution in [2.24, 2.45) is 0 Å². The first kappa shape index (κ1) is 22.7. The number of fused-ring (bicyclic) bond motifs is 1. The summed E-state index contributed by atoms with van der Waals surface area (Å²) in [7, 11) is -3.21. The van der Waals surface area contributed by atoms with E-state index in [4.69, 9.17) is 4.98 Å². The van der Waals surface area contributed by atoms with Crippen LogP contribution >= 0.6 is 11.3 Å². The highest BCUT2D eigenvalue weighted by molar-refractivity contribution is 7.90. The number of hydrogen-bond donors (Lipinski definition) is 0. The summed E-state index contributed by atoms with van der Waals surface area (Å²) in [6, 6.07) is 13.4. The molecule has 6 nitrogen and oxygen atoms in total. The monoisotopic (exact) mass is 471 g/mol. The summed E-state index contributed by atoms with van der Waals surface area (Å²) in [6.45, 7) is 6.99. The molecular formula is C24H29N3O3S2. The maximum Gasteiger partial charge on any atom is 0.222 e. The fraction of sp³-hybridized carbons (Fsp3) is 0.417. The van der Waals surface area contributed by atoms with Crippen LogP contribution in [0.25, 0.3) is 10.2 Å². The van der Waals surface area contributed by atoms with Crippen LogP contribution < -0.4 is 4.90 Å². The van der Waals surface area contributed by atoms with E-state index in [1.165, 1.54) is 15.8 Å². The van der Waals surface area contributed by atoms with Crippen molar-refractivity contribution in [3.8, 4) is 0 Å². The van der Waals surface area contributed by atoms with Crippen LogP contribution in [0, 0.1) is 13.8 Å². The maximum absolute atomic E-state index is 12.6. The molecular weight excluding hydrogens is 442 g/mol. The SMILES string of the molecule is Cc1ccc2sc(N3CCN(C(=O)CCCS(=O)(=O)Cc4ccccc4)CC3)nc2c1C. The van der Waals surface area contributed by atoms with Gasteiger partial charge < -0.3 is 9.80 Å². The number of thiazole rings is 1. The normalized spacial score (nSPS) is 14.8. The fourth-order valence-corrected chi connectivity index (χ4v) is 6.50. The van der Waals surface area contributed by atoms with Crippen LogP contribution in [0.3, 0.4) is 0 Å². The van der Waals surface area contributed by atoms with Crippen LogP contribution in [0.5, 0.6) is 0 Å². The second kappa shape index (κ2) is 9.58. The molecule has 0 unspecified atom stereocenters. The quantitative estimate of drug-likeness (QED) is 0.522. The van der Waals surface area contributed by atoms with Crippen LogP contribution in [0.1, 0.15) is 29.5 Å². The van der Waals surface area contributed by atoms with Gasteiger partial charge in [-0.3, -0.25) is 4.79 Å². The van der Waals surface area contributed by atoms with Gasteiger partial charge in [0.2, 0.25) is 5.91 Å². The number of nitrogens with zero attached hydrogens (tertiary/aromatic N) is 3. The summed E-state index contributed by atoms with van der Waals surface area (Å²) in [5, 5.41) is 1.01. The molecule has 0 N–H and O–H groups in total. The van der Waals surface area contributed by atoms with E-state index < -0.39 is 9.84 Å². The molecule has 2 heterocycles. The third kappa shape index (κ3) is 5.30. The van der Waals surface area contributed by atoms with E-state index in [-0.39, 0.29) is 23.8 Å². The second-order valence-electron chi connectivity index (χ2n) is 8.40. The van der Waals surface area contributed by atoms with E-state index in [1.54, 1.807) is 11.3 Å². The number of hydrogen-bond acceptors (Lipinski definition) is 6. The molecule has 0 spiro atoms. The highest BCUT2D eigenvalue weighted by atomic mass is 32.2. The van der Waals surface area contributed by atoms with E-state index >= 15 is 0 Å². The molecule has 0 saturated carbocycles. The van der Waals surface area contributed by atoms with Crippen molar-refractivity contribution in [1.29, 1.82) is 0 Å². The Balaban J connectivity index is 1.26. The Bertz CT molecular complexity index is 1200. The van der Waals surface area contributed by atoms with Gasteiger partial charge in [-0.15, -0.1) is 0 Å². The first-order valence-electron chi connectivity index (χ1n) is 11.0. The molecule has 170 valence electrons. The zero-order valence-electron chi connectivity index (χ0n) is 18.6. The summed E-state index contributed by atoms with van der Waals surface area (Å²) in [5.74, 6) is 0.107. The molecule has 32 heavy (non-hydrogen) atoms. The number of aromatic nitrogens is 1. The van der Waals surface area contributed by atoms with Crippen LogP contribution in [0.2, 0.25) is 0 Å². The number of benzene rings is 2. The van der Waals surface area contributed by atoms with E-state index in [0.717, 1.165) is 29.3 Å². The Kier molecular flexibility index (Phi) is 6.81. The fourth-order valence-electron chi connectivity index (χ4n) is 4.00. The second-order valence-corrected chi connectivity index (χ2v) is 11.6. The van der Waals surface area contributed by atoms with E-state index in [1.807, 2.05) is 35.2 Å². The molecule has 1 fully saturated rings. The summed E-state index contributed by atoms with van der Waals surface area (Å²) < 4.78 is 25.9. The van der Waals surface area contributed by atoms with Gasteiger partial charge >= 0.3 is 0 Å². The molecule has 1 aliphatic heterocycles. The molecule has 4 rings (SSSR count). The smallest absolute Gasteiger partial charge is 0.222 e. The van der Waals surface area contributed by atoms with Crippen molar-refractivity contribution in [3.63, 3.8) is 0 Å².